The van der Waals surface area contributed by atoms with Crippen molar-refractivity contribution in [3.63, 3.8) is 0 Å². The van der Waals surface area contributed by atoms with E-state index >= 15 is 0 Å². The lowest BCUT2D eigenvalue weighted by molar-refractivity contribution is -0.139. The number of carboxylic acid groups (broad SMARTS) is 1. The minimum atomic E-state index is -1.01. The van der Waals surface area contributed by atoms with Gasteiger partial charge in [-0.25, -0.2) is 0 Å². The number of rotatable bonds is 7. The van der Waals surface area contributed by atoms with Crippen molar-refractivity contribution in [3.8, 4) is 5.75 Å². The van der Waals surface area contributed by atoms with Crippen LogP contribution in [-0.2, 0) is 4.79 Å². The number of methoxy groups -OCH3 is 1. The molecule has 0 aromatic heterocycles. The maximum absolute atomic E-state index is 10.4. The molecule has 0 aliphatic carbocycles. The van der Waals surface area contributed by atoms with Crippen LogP contribution in [-0.4, -0.2) is 35.9 Å². The number of benzene rings is 1. The highest BCUT2D eigenvalue weighted by molar-refractivity contribution is 5.67. The Bertz CT molecular complexity index is 394. The molecule has 0 saturated carbocycles. The van der Waals surface area contributed by atoms with Crippen LogP contribution in [0.5, 0.6) is 5.75 Å². The number of hydrogen-bond donors (Lipinski definition) is 3. The van der Waals surface area contributed by atoms with Gasteiger partial charge in [0.25, 0.3) is 0 Å². The van der Waals surface area contributed by atoms with Crippen molar-refractivity contribution in [2.24, 2.45) is 0 Å². The zero-order chi connectivity index (χ0) is 13.5. The monoisotopic (exact) mass is 253 g/mol. The number of carbonyl (C=O) groups is 1. The van der Waals surface area contributed by atoms with Gasteiger partial charge in [0.05, 0.1) is 19.6 Å². The average molecular weight is 253 g/mol. The van der Waals surface area contributed by atoms with E-state index in [4.69, 9.17) is 9.84 Å². The molecule has 5 heteroatoms. The summed E-state index contributed by atoms with van der Waals surface area (Å²) < 4.78 is 5.24. The highest BCUT2D eigenvalue weighted by Crippen LogP contribution is 2.24. The van der Waals surface area contributed by atoms with Crippen LogP contribution in [0, 0.1) is 0 Å². The number of nitrogens with one attached hydrogen (secondary N) is 1. The largest absolute Gasteiger partial charge is 0.496 e. The summed E-state index contributed by atoms with van der Waals surface area (Å²) in [6, 6.07) is 7.56. The van der Waals surface area contributed by atoms with Gasteiger partial charge < -0.3 is 20.3 Å². The predicted molar refractivity (Wildman–Crippen MR) is 67.7 cm³/mol. The van der Waals surface area contributed by atoms with Crippen molar-refractivity contribution in [1.29, 1.82) is 0 Å². The van der Waals surface area contributed by atoms with Gasteiger partial charge in [0.15, 0.2) is 0 Å². The van der Waals surface area contributed by atoms with Gasteiger partial charge in [-0.1, -0.05) is 18.2 Å². The lowest BCUT2D eigenvalue weighted by Crippen LogP contribution is -2.30. The summed E-state index contributed by atoms with van der Waals surface area (Å²) in [4.78, 5) is 10.4. The van der Waals surface area contributed by atoms with Crippen molar-refractivity contribution >= 4 is 5.97 Å². The summed E-state index contributed by atoms with van der Waals surface area (Å²) in [6.07, 6.45) is -1.15. The van der Waals surface area contributed by atoms with E-state index in [0.717, 1.165) is 11.3 Å². The lowest BCUT2D eigenvalue weighted by Gasteiger charge is -2.18. The van der Waals surface area contributed by atoms with E-state index in [1.807, 2.05) is 31.2 Å². The van der Waals surface area contributed by atoms with E-state index in [-0.39, 0.29) is 19.0 Å². The Kier molecular flexibility index (Phi) is 5.61. The Hall–Kier alpha value is -1.59. The number of carboxylic acids is 1. The van der Waals surface area contributed by atoms with Crippen molar-refractivity contribution in [2.75, 3.05) is 13.7 Å². The molecule has 0 aliphatic heterocycles. The van der Waals surface area contributed by atoms with Crippen LogP contribution in [0.2, 0.25) is 0 Å². The summed E-state index contributed by atoms with van der Waals surface area (Å²) in [5, 5.41) is 21.1. The minimum absolute atomic E-state index is 0.0235. The molecule has 0 saturated heterocycles. The lowest BCUT2D eigenvalue weighted by atomic mass is 10.1. The second kappa shape index (κ2) is 6.98. The highest BCUT2D eigenvalue weighted by Gasteiger charge is 2.14. The molecule has 5 nitrogen and oxygen atoms in total. The molecule has 1 unspecified atom stereocenters. The van der Waals surface area contributed by atoms with E-state index in [1.54, 1.807) is 7.11 Å². The molecule has 1 rings (SSSR count). The summed E-state index contributed by atoms with van der Waals surface area (Å²) >= 11 is 0. The topological polar surface area (TPSA) is 78.8 Å². The van der Waals surface area contributed by atoms with Gasteiger partial charge in [-0.3, -0.25) is 4.79 Å². The normalized spacial score (nSPS) is 13.9. The highest BCUT2D eigenvalue weighted by atomic mass is 16.5. The summed E-state index contributed by atoms with van der Waals surface area (Å²) in [6.45, 7) is 2.16. The van der Waals surface area contributed by atoms with Gasteiger partial charge in [-0.05, 0) is 13.0 Å². The van der Waals surface area contributed by atoms with Gasteiger partial charge in [-0.2, -0.15) is 0 Å². The molecule has 3 N–H and O–H groups in total. The smallest absolute Gasteiger partial charge is 0.306 e. The van der Waals surface area contributed by atoms with Gasteiger partial charge in [0.1, 0.15) is 5.75 Å². The zero-order valence-electron chi connectivity index (χ0n) is 10.6. The fourth-order valence-electron chi connectivity index (χ4n) is 1.72. The van der Waals surface area contributed by atoms with Gasteiger partial charge in [-0.15, -0.1) is 0 Å². The van der Waals surface area contributed by atoms with Gasteiger partial charge in [0, 0.05) is 18.2 Å². The standard InChI is InChI=1S/C13H19NO4/c1-9(14-8-10(15)7-13(16)17)11-5-3-4-6-12(11)18-2/h3-6,9-10,14-15H,7-8H2,1-2H3,(H,16,17)/t9-,10?/m1/s1. The van der Waals surface area contributed by atoms with Crippen molar-refractivity contribution in [1.82, 2.24) is 5.32 Å². The van der Waals surface area contributed by atoms with Crippen molar-refractivity contribution in [2.45, 2.75) is 25.5 Å². The summed E-state index contributed by atoms with van der Waals surface area (Å²) in [5.41, 5.74) is 0.975. The van der Waals surface area contributed by atoms with Crippen LogP contribution >= 0.6 is 0 Å². The van der Waals surface area contributed by atoms with Crippen LogP contribution in [0.3, 0.4) is 0 Å². The number of para-hydroxylation sites is 1. The van der Waals surface area contributed by atoms with E-state index in [2.05, 4.69) is 5.32 Å². The Balaban J connectivity index is 2.54. The number of aliphatic carboxylic acids is 1. The minimum Gasteiger partial charge on any atom is -0.496 e. The molecule has 0 amide bonds. The maximum Gasteiger partial charge on any atom is 0.306 e. The Morgan fingerprint density at radius 1 is 1.44 bits per heavy atom. The molecule has 2 atom stereocenters. The molecule has 0 radical (unpaired) electrons. The van der Waals surface area contributed by atoms with E-state index in [1.165, 1.54) is 0 Å². The molecule has 0 aliphatic rings. The third-order valence-electron chi connectivity index (χ3n) is 2.68. The third-order valence-corrected chi connectivity index (χ3v) is 2.68. The third kappa shape index (κ3) is 4.35. The molecule has 0 fully saturated rings. The number of hydrogen-bond acceptors (Lipinski definition) is 4. The zero-order valence-corrected chi connectivity index (χ0v) is 10.6. The molecule has 0 spiro atoms. The van der Waals surface area contributed by atoms with Gasteiger partial charge in [0.2, 0.25) is 0 Å². The quantitative estimate of drug-likeness (QED) is 0.680. The van der Waals surface area contributed by atoms with Crippen LogP contribution in [0.4, 0.5) is 0 Å². The summed E-state index contributed by atoms with van der Waals surface area (Å²) in [5.74, 6) is -0.237. The molecule has 0 heterocycles. The molecule has 0 bridgehead atoms. The van der Waals surface area contributed by atoms with E-state index in [9.17, 15) is 9.90 Å². The van der Waals surface area contributed by atoms with Crippen LogP contribution in [0.25, 0.3) is 0 Å². The first kappa shape index (κ1) is 14.5. The van der Waals surface area contributed by atoms with Crippen molar-refractivity contribution in [3.05, 3.63) is 29.8 Å². The predicted octanol–water partition coefficient (Wildman–Crippen LogP) is 1.18. The number of aliphatic hydroxyl groups is 1. The average Bonchev–Trinajstić information content (AvgIpc) is 2.35. The Labute approximate surface area is 106 Å². The molecular formula is C13H19NO4. The molecule has 1 aromatic carbocycles. The molecule has 1 aromatic rings. The first-order chi connectivity index (χ1) is 8.54. The fourth-order valence-corrected chi connectivity index (χ4v) is 1.72. The second-order valence-corrected chi connectivity index (χ2v) is 4.12. The first-order valence-electron chi connectivity index (χ1n) is 5.80. The van der Waals surface area contributed by atoms with E-state index < -0.39 is 12.1 Å². The van der Waals surface area contributed by atoms with Crippen LogP contribution < -0.4 is 10.1 Å². The van der Waals surface area contributed by atoms with Crippen molar-refractivity contribution < 1.29 is 19.7 Å². The Morgan fingerprint density at radius 3 is 2.72 bits per heavy atom. The second-order valence-electron chi connectivity index (χ2n) is 4.12. The Morgan fingerprint density at radius 2 is 2.11 bits per heavy atom. The molecular weight excluding hydrogens is 234 g/mol. The first-order valence-corrected chi connectivity index (χ1v) is 5.80. The maximum atomic E-state index is 10.4. The van der Waals surface area contributed by atoms with Gasteiger partial charge >= 0.3 is 5.97 Å². The van der Waals surface area contributed by atoms with E-state index in [0.29, 0.717) is 0 Å². The SMILES string of the molecule is COc1ccccc1[C@@H](C)NCC(O)CC(=O)O. The fraction of sp³-hybridized carbons (Fsp3) is 0.462. The molecule has 18 heavy (non-hydrogen) atoms. The molecule has 100 valence electrons. The number of ether oxygens (including phenoxy) is 1. The number of aliphatic hydroxyl groups excluding tert-OH is 1. The van der Waals surface area contributed by atoms with Crippen LogP contribution in [0.15, 0.2) is 24.3 Å². The summed E-state index contributed by atoms with van der Waals surface area (Å²) in [7, 11) is 1.60. The van der Waals surface area contributed by atoms with Crippen LogP contribution in [0.1, 0.15) is 24.9 Å².